The molecule has 3 N–H and O–H groups in total. The highest BCUT2D eigenvalue weighted by Crippen LogP contribution is 2.29. The number of allylic oxidation sites excluding steroid dienone is 2. The highest BCUT2D eigenvalue weighted by atomic mass is 35.5. The number of nitrogens with zero attached hydrogens (tertiary/aromatic N) is 2. The van der Waals surface area contributed by atoms with Crippen LogP contribution in [0.5, 0.6) is 0 Å². The summed E-state index contributed by atoms with van der Waals surface area (Å²) in [5.74, 6) is -1.42. The Bertz CT molecular complexity index is 537. The molecule has 3 atom stereocenters. The van der Waals surface area contributed by atoms with Gasteiger partial charge in [0.1, 0.15) is 0 Å². The molecule has 1 aliphatic rings. The van der Waals surface area contributed by atoms with Crippen molar-refractivity contribution in [3.63, 3.8) is 0 Å². The molecule has 0 aliphatic heterocycles. The molecule has 1 aromatic rings. The zero-order valence-corrected chi connectivity index (χ0v) is 11.8. The molecule has 5 nitrogen and oxygen atoms in total. The molecule has 0 unspecified atom stereocenters. The zero-order chi connectivity index (χ0) is 14.7. The number of hydrogen-bond acceptors (Lipinski definition) is 4. The van der Waals surface area contributed by atoms with E-state index in [0.29, 0.717) is 0 Å². The highest BCUT2D eigenvalue weighted by molar-refractivity contribution is 6.28. The van der Waals surface area contributed by atoms with E-state index in [9.17, 15) is 9.18 Å². The van der Waals surface area contributed by atoms with E-state index in [1.807, 2.05) is 12.2 Å². The van der Waals surface area contributed by atoms with E-state index in [2.05, 4.69) is 15.3 Å². The number of amides is 1. The molecule has 0 spiro atoms. The van der Waals surface area contributed by atoms with Crippen molar-refractivity contribution in [2.45, 2.75) is 25.8 Å². The molecule has 108 valence electrons. The number of nitrogens with one attached hydrogen (secondary N) is 1. The average Bonchev–Trinajstić information content (AvgIpc) is 2.87. The van der Waals surface area contributed by atoms with Gasteiger partial charge >= 0.3 is 0 Å². The van der Waals surface area contributed by atoms with Crippen LogP contribution in [0.3, 0.4) is 0 Å². The summed E-state index contributed by atoms with van der Waals surface area (Å²) in [4.78, 5) is 19.0. The lowest BCUT2D eigenvalue weighted by Crippen LogP contribution is -2.40. The van der Waals surface area contributed by atoms with Crippen LogP contribution in [0, 0.1) is 17.7 Å². The minimum Gasteiger partial charge on any atom is -0.369 e. The molecule has 1 aromatic heterocycles. The van der Waals surface area contributed by atoms with E-state index in [1.54, 1.807) is 6.92 Å². The molecule has 0 fully saturated rings. The molecule has 7 heteroatoms. The van der Waals surface area contributed by atoms with Gasteiger partial charge in [-0.1, -0.05) is 12.2 Å². The van der Waals surface area contributed by atoms with Gasteiger partial charge in [-0.25, -0.2) is 9.37 Å². The van der Waals surface area contributed by atoms with Crippen LogP contribution in [-0.4, -0.2) is 21.9 Å². The number of carbonyl (C=O) groups excluding carboxylic acids is 1. The van der Waals surface area contributed by atoms with Gasteiger partial charge in [0.2, 0.25) is 11.2 Å². The highest BCUT2D eigenvalue weighted by Gasteiger charge is 2.32. The molecular formula is C13H16ClFN4O. The second-order valence-electron chi connectivity index (χ2n) is 4.87. The lowest BCUT2D eigenvalue weighted by molar-refractivity contribution is -0.123. The first-order valence-corrected chi connectivity index (χ1v) is 6.77. The number of nitrogens with two attached hydrogens (primary N) is 1. The number of carbonyl (C=O) groups is 1. The van der Waals surface area contributed by atoms with Gasteiger partial charge in [-0.05, 0) is 37.3 Å². The fraction of sp³-hybridized carbons (Fsp3) is 0.462. The van der Waals surface area contributed by atoms with Crippen LogP contribution in [0.25, 0.3) is 0 Å². The standard InChI is InChI=1S/C13H16ClFN4O/c1-7(10(11(16)20)8-4-2-3-5-8)18-12-9(15)6-17-13(14)19-12/h2,4,6-8,10H,3,5H2,1H3,(H2,16,20)(H,17,18,19)/t7-,8+,10-/m0/s1. The van der Waals surface area contributed by atoms with E-state index in [-0.39, 0.29) is 23.1 Å². The monoisotopic (exact) mass is 298 g/mol. The minimum atomic E-state index is -0.619. The predicted octanol–water partition coefficient (Wildman–Crippen LogP) is 2.14. The zero-order valence-electron chi connectivity index (χ0n) is 11.0. The quantitative estimate of drug-likeness (QED) is 0.644. The summed E-state index contributed by atoms with van der Waals surface area (Å²) in [6.45, 7) is 1.77. The number of rotatable bonds is 5. The molecular weight excluding hydrogens is 283 g/mol. The second kappa shape index (κ2) is 6.17. The van der Waals surface area contributed by atoms with Crippen LogP contribution in [0.1, 0.15) is 19.8 Å². The summed E-state index contributed by atoms with van der Waals surface area (Å²) < 4.78 is 13.6. The Kier molecular flexibility index (Phi) is 4.54. The van der Waals surface area contributed by atoms with Gasteiger partial charge in [-0.15, -0.1) is 0 Å². The van der Waals surface area contributed by atoms with Gasteiger partial charge in [0, 0.05) is 6.04 Å². The van der Waals surface area contributed by atoms with Crippen LogP contribution in [-0.2, 0) is 4.79 Å². The van der Waals surface area contributed by atoms with Gasteiger partial charge in [0.25, 0.3) is 0 Å². The van der Waals surface area contributed by atoms with E-state index in [1.165, 1.54) is 0 Å². The summed E-state index contributed by atoms with van der Waals surface area (Å²) in [5, 5.41) is 2.81. The lowest BCUT2D eigenvalue weighted by atomic mass is 9.85. The van der Waals surface area contributed by atoms with Gasteiger partial charge in [0.05, 0.1) is 12.1 Å². The van der Waals surface area contributed by atoms with E-state index in [4.69, 9.17) is 17.3 Å². The maximum atomic E-state index is 13.6. The summed E-state index contributed by atoms with van der Waals surface area (Å²) in [6, 6.07) is -0.360. The van der Waals surface area contributed by atoms with E-state index < -0.39 is 17.6 Å². The maximum Gasteiger partial charge on any atom is 0.224 e. The average molecular weight is 299 g/mol. The van der Waals surface area contributed by atoms with Crippen molar-refractivity contribution in [2.24, 2.45) is 17.6 Å². The largest absolute Gasteiger partial charge is 0.369 e. The molecule has 1 amide bonds. The first-order chi connectivity index (χ1) is 9.49. The van der Waals surface area contributed by atoms with Gasteiger partial charge in [-0.2, -0.15) is 4.98 Å². The van der Waals surface area contributed by atoms with Crippen molar-refractivity contribution in [3.8, 4) is 0 Å². The van der Waals surface area contributed by atoms with Crippen molar-refractivity contribution in [2.75, 3.05) is 5.32 Å². The Morgan fingerprint density at radius 2 is 2.40 bits per heavy atom. The lowest BCUT2D eigenvalue weighted by Gasteiger charge is -2.27. The van der Waals surface area contributed by atoms with Crippen molar-refractivity contribution in [3.05, 3.63) is 29.4 Å². The molecule has 0 saturated carbocycles. The third-order valence-corrected chi connectivity index (χ3v) is 3.64. The topological polar surface area (TPSA) is 80.9 Å². The summed E-state index contributed by atoms with van der Waals surface area (Å²) in [5.41, 5.74) is 5.47. The van der Waals surface area contributed by atoms with Crippen LogP contribution in [0.15, 0.2) is 18.3 Å². The van der Waals surface area contributed by atoms with Crippen molar-refractivity contribution >= 4 is 23.3 Å². The Labute approximate surface area is 121 Å². The molecule has 1 heterocycles. The number of hydrogen-bond donors (Lipinski definition) is 2. The van der Waals surface area contributed by atoms with E-state index >= 15 is 0 Å². The van der Waals surface area contributed by atoms with Crippen molar-refractivity contribution < 1.29 is 9.18 Å². The first kappa shape index (κ1) is 14.7. The van der Waals surface area contributed by atoms with Crippen LogP contribution < -0.4 is 11.1 Å². The first-order valence-electron chi connectivity index (χ1n) is 6.39. The normalized spacial score (nSPS) is 20.6. The van der Waals surface area contributed by atoms with Crippen molar-refractivity contribution in [1.29, 1.82) is 0 Å². The molecule has 1 aliphatic carbocycles. The van der Waals surface area contributed by atoms with E-state index in [0.717, 1.165) is 19.0 Å². The summed E-state index contributed by atoms with van der Waals surface area (Å²) >= 11 is 5.64. The van der Waals surface area contributed by atoms with Crippen LogP contribution >= 0.6 is 11.6 Å². The second-order valence-corrected chi connectivity index (χ2v) is 5.20. The van der Waals surface area contributed by atoms with Gasteiger partial charge in [0.15, 0.2) is 11.6 Å². The number of primary amides is 1. The number of halogens is 2. The van der Waals surface area contributed by atoms with Gasteiger partial charge in [-0.3, -0.25) is 4.79 Å². The SMILES string of the molecule is C[C@H](Nc1nc(Cl)ncc1F)[C@H](C(N)=O)[C@@H]1C=CCC1. The maximum absolute atomic E-state index is 13.6. The Hall–Kier alpha value is -1.69. The molecule has 0 aromatic carbocycles. The molecule has 2 rings (SSSR count). The third-order valence-electron chi connectivity index (χ3n) is 3.46. The Morgan fingerprint density at radius 3 is 3.00 bits per heavy atom. The fourth-order valence-corrected chi connectivity index (χ4v) is 2.67. The summed E-state index contributed by atoms with van der Waals surface area (Å²) in [6.07, 6.45) is 6.78. The smallest absolute Gasteiger partial charge is 0.224 e. The molecule has 0 saturated heterocycles. The number of anilines is 1. The van der Waals surface area contributed by atoms with Gasteiger partial charge < -0.3 is 11.1 Å². The minimum absolute atomic E-state index is 0.0225. The Morgan fingerprint density at radius 1 is 1.65 bits per heavy atom. The molecule has 20 heavy (non-hydrogen) atoms. The van der Waals surface area contributed by atoms with Crippen LogP contribution in [0.2, 0.25) is 5.28 Å². The fourth-order valence-electron chi connectivity index (χ4n) is 2.54. The number of aromatic nitrogens is 2. The molecule has 0 radical (unpaired) electrons. The molecule has 0 bridgehead atoms. The van der Waals surface area contributed by atoms with Crippen LogP contribution in [0.4, 0.5) is 10.2 Å². The summed E-state index contributed by atoms with van der Waals surface area (Å²) in [7, 11) is 0. The van der Waals surface area contributed by atoms with Crippen molar-refractivity contribution in [1.82, 2.24) is 9.97 Å². The Balaban J connectivity index is 2.15. The third kappa shape index (κ3) is 3.25. The predicted molar refractivity (Wildman–Crippen MR) is 74.6 cm³/mol.